The number of anilines is 1. The summed E-state index contributed by atoms with van der Waals surface area (Å²) >= 11 is 3.04. The van der Waals surface area contributed by atoms with Crippen LogP contribution in [-0.2, 0) is 4.79 Å². The fraction of sp³-hybridized carbons (Fsp3) is 0.250. The number of carbonyl (C=O) groups excluding carboxylic acids is 3. The summed E-state index contributed by atoms with van der Waals surface area (Å²) in [7, 11) is 0. The van der Waals surface area contributed by atoms with Crippen molar-refractivity contribution < 1.29 is 14.4 Å². The van der Waals surface area contributed by atoms with Crippen LogP contribution in [0, 0.1) is 0 Å². The highest BCUT2D eigenvalue weighted by molar-refractivity contribution is 9.09. The van der Waals surface area contributed by atoms with E-state index in [0.717, 1.165) is 0 Å². The van der Waals surface area contributed by atoms with E-state index in [4.69, 9.17) is 0 Å². The lowest BCUT2D eigenvalue weighted by atomic mass is 10.1. The van der Waals surface area contributed by atoms with Crippen molar-refractivity contribution >= 4 is 39.3 Å². The van der Waals surface area contributed by atoms with E-state index in [0.29, 0.717) is 23.4 Å². The summed E-state index contributed by atoms with van der Waals surface area (Å²) < 4.78 is 0. The van der Waals surface area contributed by atoms with Gasteiger partial charge >= 0.3 is 0 Å². The number of nitrogens with one attached hydrogen (secondary N) is 1. The number of halogens is 1. The van der Waals surface area contributed by atoms with Gasteiger partial charge in [0.05, 0.1) is 16.5 Å². The minimum Gasteiger partial charge on any atom is -0.325 e. The van der Waals surface area contributed by atoms with Crippen LogP contribution in [0.2, 0.25) is 0 Å². The number of nitrogens with zero attached hydrogens (tertiary/aromatic N) is 1. The van der Waals surface area contributed by atoms with E-state index in [2.05, 4.69) is 21.2 Å². The number of hydrogen-bond donors (Lipinski definition) is 1. The molecule has 1 aromatic carbocycles. The van der Waals surface area contributed by atoms with Gasteiger partial charge in [-0.05, 0) is 25.1 Å². The van der Waals surface area contributed by atoms with E-state index in [-0.39, 0.29) is 23.1 Å². The summed E-state index contributed by atoms with van der Waals surface area (Å²) in [6.45, 7) is 2.09. The topological polar surface area (TPSA) is 66.5 Å². The van der Waals surface area contributed by atoms with E-state index in [1.165, 1.54) is 11.0 Å². The Balaban J connectivity index is 2.35. The number of alkyl halides is 1. The monoisotopic (exact) mass is 310 g/mol. The van der Waals surface area contributed by atoms with Gasteiger partial charge in [0.1, 0.15) is 0 Å². The van der Waals surface area contributed by atoms with Gasteiger partial charge in [0.15, 0.2) is 0 Å². The first-order valence-electron chi connectivity index (χ1n) is 5.44. The highest BCUT2D eigenvalue weighted by Gasteiger charge is 2.34. The Kier molecular flexibility index (Phi) is 3.47. The fourth-order valence-electron chi connectivity index (χ4n) is 1.85. The molecule has 1 aliphatic rings. The van der Waals surface area contributed by atoms with Gasteiger partial charge in [-0.15, -0.1) is 0 Å². The molecule has 94 valence electrons. The molecule has 1 aliphatic heterocycles. The second kappa shape index (κ2) is 4.89. The molecule has 0 fully saturated rings. The molecule has 0 saturated heterocycles. The number of benzene rings is 1. The summed E-state index contributed by atoms with van der Waals surface area (Å²) in [6.07, 6.45) is 0. The third-order valence-corrected chi connectivity index (χ3v) is 3.20. The van der Waals surface area contributed by atoms with Crippen molar-refractivity contribution in [2.45, 2.75) is 6.92 Å². The lowest BCUT2D eigenvalue weighted by Crippen LogP contribution is -2.29. The van der Waals surface area contributed by atoms with Crippen LogP contribution in [0.5, 0.6) is 0 Å². The van der Waals surface area contributed by atoms with Gasteiger partial charge in [0, 0.05) is 12.2 Å². The largest absolute Gasteiger partial charge is 0.325 e. The third-order valence-electron chi connectivity index (χ3n) is 2.69. The van der Waals surface area contributed by atoms with Crippen molar-refractivity contribution in [2.24, 2.45) is 0 Å². The van der Waals surface area contributed by atoms with Crippen LogP contribution in [0.15, 0.2) is 18.2 Å². The molecule has 0 aromatic heterocycles. The van der Waals surface area contributed by atoms with Crippen molar-refractivity contribution in [2.75, 3.05) is 17.2 Å². The summed E-state index contributed by atoms with van der Waals surface area (Å²) in [5, 5.41) is 2.80. The first-order chi connectivity index (χ1) is 8.58. The molecule has 18 heavy (non-hydrogen) atoms. The van der Waals surface area contributed by atoms with Crippen molar-refractivity contribution in [3.63, 3.8) is 0 Å². The molecule has 0 atom stereocenters. The molecular formula is C12H11BrN2O3. The molecule has 2 rings (SSSR count). The quantitative estimate of drug-likeness (QED) is 0.681. The molecule has 6 heteroatoms. The van der Waals surface area contributed by atoms with Gasteiger partial charge in [-0.2, -0.15) is 0 Å². The van der Waals surface area contributed by atoms with Gasteiger partial charge in [0.25, 0.3) is 11.8 Å². The first-order valence-corrected chi connectivity index (χ1v) is 6.56. The molecule has 3 amide bonds. The zero-order valence-corrected chi connectivity index (χ0v) is 11.3. The predicted octanol–water partition coefficient (Wildman–Crippen LogP) is 1.64. The maximum absolute atomic E-state index is 11.9. The Bertz CT molecular complexity index is 542. The van der Waals surface area contributed by atoms with E-state index >= 15 is 0 Å². The molecule has 0 aliphatic carbocycles. The molecule has 1 aromatic rings. The highest BCUT2D eigenvalue weighted by atomic mass is 79.9. The van der Waals surface area contributed by atoms with Crippen LogP contribution in [0.3, 0.4) is 0 Å². The SMILES string of the molecule is CCN1C(=O)c2ccc(NC(=O)CBr)cc2C1=O. The van der Waals surface area contributed by atoms with Gasteiger partial charge in [0.2, 0.25) is 5.91 Å². The molecule has 0 radical (unpaired) electrons. The molecule has 0 bridgehead atoms. The maximum Gasteiger partial charge on any atom is 0.261 e. The first kappa shape index (κ1) is 12.8. The van der Waals surface area contributed by atoms with Gasteiger partial charge in [-0.3, -0.25) is 19.3 Å². The zero-order valence-electron chi connectivity index (χ0n) is 9.70. The van der Waals surface area contributed by atoms with Crippen LogP contribution in [0.25, 0.3) is 0 Å². The minimum atomic E-state index is -0.313. The third kappa shape index (κ3) is 2.03. The van der Waals surface area contributed by atoms with Crippen molar-refractivity contribution in [3.8, 4) is 0 Å². The molecule has 1 N–H and O–H groups in total. The predicted molar refractivity (Wildman–Crippen MR) is 69.9 cm³/mol. The smallest absolute Gasteiger partial charge is 0.261 e. The van der Waals surface area contributed by atoms with Gasteiger partial charge in [-0.1, -0.05) is 15.9 Å². The average Bonchev–Trinajstić information content (AvgIpc) is 2.61. The Labute approximate surface area is 112 Å². The number of imide groups is 1. The lowest BCUT2D eigenvalue weighted by Gasteiger charge is -2.08. The summed E-state index contributed by atoms with van der Waals surface area (Å²) in [4.78, 5) is 36.2. The van der Waals surface area contributed by atoms with Crippen LogP contribution in [0.4, 0.5) is 5.69 Å². The molecule has 5 nitrogen and oxygen atoms in total. The van der Waals surface area contributed by atoms with E-state index < -0.39 is 0 Å². The summed E-state index contributed by atoms with van der Waals surface area (Å²) in [6, 6.07) is 4.71. The number of carbonyl (C=O) groups is 3. The second-order valence-corrected chi connectivity index (χ2v) is 4.36. The van der Waals surface area contributed by atoms with Crippen molar-refractivity contribution in [1.82, 2.24) is 4.90 Å². The van der Waals surface area contributed by atoms with E-state index in [1.54, 1.807) is 19.1 Å². The normalized spacial score (nSPS) is 13.8. The second-order valence-electron chi connectivity index (χ2n) is 3.80. The number of amides is 3. The molecule has 0 spiro atoms. The minimum absolute atomic E-state index is 0.179. The zero-order chi connectivity index (χ0) is 13.3. The van der Waals surface area contributed by atoms with E-state index in [1.807, 2.05) is 0 Å². The van der Waals surface area contributed by atoms with Crippen molar-refractivity contribution in [3.05, 3.63) is 29.3 Å². The molecule has 0 unspecified atom stereocenters. The van der Waals surface area contributed by atoms with Gasteiger partial charge in [-0.25, -0.2) is 0 Å². The highest BCUT2D eigenvalue weighted by Crippen LogP contribution is 2.25. The Morgan fingerprint density at radius 1 is 1.28 bits per heavy atom. The van der Waals surface area contributed by atoms with E-state index in [9.17, 15) is 14.4 Å². The number of fused-ring (bicyclic) bond motifs is 1. The molecule has 1 heterocycles. The average molecular weight is 311 g/mol. The van der Waals surface area contributed by atoms with Crippen LogP contribution >= 0.6 is 15.9 Å². The maximum atomic E-state index is 11.9. The Hall–Kier alpha value is -1.69. The molecule has 0 saturated carbocycles. The molecular weight excluding hydrogens is 300 g/mol. The van der Waals surface area contributed by atoms with Crippen molar-refractivity contribution in [1.29, 1.82) is 0 Å². The number of hydrogen-bond acceptors (Lipinski definition) is 3. The summed E-state index contributed by atoms with van der Waals surface area (Å²) in [5.41, 5.74) is 1.24. The Morgan fingerprint density at radius 3 is 2.56 bits per heavy atom. The fourth-order valence-corrected chi connectivity index (χ4v) is 1.99. The van der Waals surface area contributed by atoms with Crippen LogP contribution < -0.4 is 5.32 Å². The Morgan fingerprint density at radius 2 is 1.94 bits per heavy atom. The van der Waals surface area contributed by atoms with Gasteiger partial charge < -0.3 is 5.32 Å². The standard InChI is InChI=1S/C12H11BrN2O3/c1-2-15-11(17)8-4-3-7(14-10(16)6-13)5-9(8)12(15)18/h3-5H,2,6H2,1H3,(H,14,16). The lowest BCUT2D eigenvalue weighted by molar-refractivity contribution is -0.113. The summed E-state index contributed by atoms with van der Waals surface area (Å²) in [5.74, 6) is -0.803. The van der Waals surface area contributed by atoms with Crippen LogP contribution in [-0.4, -0.2) is 34.5 Å². The number of rotatable bonds is 3. The van der Waals surface area contributed by atoms with Crippen LogP contribution in [0.1, 0.15) is 27.6 Å².